The second kappa shape index (κ2) is 3.14. The van der Waals surface area contributed by atoms with Gasteiger partial charge in [-0.15, -0.1) is 0 Å². The van der Waals surface area contributed by atoms with E-state index < -0.39 is 11.6 Å². The normalized spacial score (nSPS) is 15.6. The maximum Gasteiger partial charge on any atom is 0.251 e. The zero-order valence-electron chi connectivity index (χ0n) is 8.41. The molecular weight excluding hydrogens is 212 g/mol. The summed E-state index contributed by atoms with van der Waals surface area (Å²) in [6.45, 7) is 0. The van der Waals surface area contributed by atoms with Crippen LogP contribution < -0.4 is 5.56 Å². The molecule has 0 atom stereocenters. The number of hydrogen-bond acceptors (Lipinski definition) is 1. The first kappa shape index (κ1) is 9.51. The van der Waals surface area contributed by atoms with E-state index in [1.54, 1.807) is 0 Å². The lowest BCUT2D eigenvalue weighted by Crippen LogP contribution is -2.18. The van der Waals surface area contributed by atoms with E-state index in [0.717, 1.165) is 18.9 Å². The molecule has 0 amide bonds. The van der Waals surface area contributed by atoms with Crippen LogP contribution in [0.3, 0.4) is 0 Å². The quantitative estimate of drug-likeness (QED) is 0.725. The van der Waals surface area contributed by atoms with E-state index in [1.807, 2.05) is 0 Å². The molecule has 82 valence electrons. The van der Waals surface area contributed by atoms with Crippen molar-refractivity contribution in [3.05, 3.63) is 46.3 Å². The molecule has 0 aliphatic heterocycles. The highest BCUT2D eigenvalue weighted by Crippen LogP contribution is 2.36. The predicted octanol–water partition coefficient (Wildman–Crippen LogP) is 2.61. The minimum atomic E-state index is -0.667. The SMILES string of the molecule is O=c1ccc2cc(F)cc(F)c2n1C1CC1. The fraction of sp³-hybridized carbons (Fsp3) is 0.250. The summed E-state index contributed by atoms with van der Waals surface area (Å²) in [5.74, 6) is -1.29. The Morgan fingerprint density at radius 3 is 2.62 bits per heavy atom. The maximum absolute atomic E-state index is 13.7. The zero-order valence-corrected chi connectivity index (χ0v) is 8.41. The Hall–Kier alpha value is -1.71. The number of benzene rings is 1. The number of hydrogen-bond donors (Lipinski definition) is 0. The van der Waals surface area contributed by atoms with Crippen LogP contribution in [0, 0.1) is 11.6 Å². The van der Waals surface area contributed by atoms with Crippen LogP contribution >= 0.6 is 0 Å². The molecule has 1 aliphatic carbocycles. The van der Waals surface area contributed by atoms with Crippen LogP contribution in [-0.2, 0) is 0 Å². The Morgan fingerprint density at radius 2 is 1.94 bits per heavy atom. The van der Waals surface area contributed by atoms with E-state index in [9.17, 15) is 13.6 Å². The van der Waals surface area contributed by atoms with Gasteiger partial charge in [0.25, 0.3) is 5.56 Å². The summed E-state index contributed by atoms with van der Waals surface area (Å²) in [4.78, 5) is 11.7. The highest BCUT2D eigenvalue weighted by molar-refractivity contribution is 5.79. The molecule has 2 aromatic rings. The van der Waals surface area contributed by atoms with Crippen LogP contribution in [0.15, 0.2) is 29.1 Å². The van der Waals surface area contributed by atoms with Crippen LogP contribution in [0.2, 0.25) is 0 Å². The third-order valence-electron chi connectivity index (χ3n) is 2.85. The van der Waals surface area contributed by atoms with Gasteiger partial charge in [0.1, 0.15) is 11.6 Å². The van der Waals surface area contributed by atoms with Gasteiger partial charge in [-0.25, -0.2) is 8.78 Å². The molecule has 0 saturated heterocycles. The highest BCUT2D eigenvalue weighted by atomic mass is 19.1. The van der Waals surface area contributed by atoms with Crippen molar-refractivity contribution >= 4 is 10.9 Å². The monoisotopic (exact) mass is 221 g/mol. The van der Waals surface area contributed by atoms with Crippen LogP contribution in [0.4, 0.5) is 8.78 Å². The Labute approximate surface area is 90.1 Å². The van der Waals surface area contributed by atoms with Gasteiger partial charge in [0, 0.05) is 23.6 Å². The Balaban J connectivity index is 2.46. The molecule has 0 spiro atoms. The number of rotatable bonds is 1. The summed E-state index contributed by atoms with van der Waals surface area (Å²) in [7, 11) is 0. The van der Waals surface area contributed by atoms with E-state index in [0.29, 0.717) is 5.39 Å². The average Bonchev–Trinajstić information content (AvgIpc) is 3.02. The van der Waals surface area contributed by atoms with Gasteiger partial charge in [-0.1, -0.05) is 0 Å². The molecule has 1 fully saturated rings. The highest BCUT2D eigenvalue weighted by Gasteiger charge is 2.27. The molecule has 0 bridgehead atoms. The molecule has 1 heterocycles. The lowest BCUT2D eigenvalue weighted by Gasteiger charge is -2.09. The molecule has 1 aromatic carbocycles. The second-order valence-corrected chi connectivity index (χ2v) is 4.10. The van der Waals surface area contributed by atoms with Crippen molar-refractivity contribution in [1.82, 2.24) is 4.57 Å². The smallest absolute Gasteiger partial charge is 0.251 e. The zero-order chi connectivity index (χ0) is 11.3. The largest absolute Gasteiger partial charge is 0.302 e. The number of pyridine rings is 1. The first-order valence-electron chi connectivity index (χ1n) is 5.17. The van der Waals surface area contributed by atoms with Crippen LogP contribution in [0.5, 0.6) is 0 Å². The van der Waals surface area contributed by atoms with Crippen LogP contribution in [-0.4, -0.2) is 4.57 Å². The fourth-order valence-corrected chi connectivity index (χ4v) is 2.01. The van der Waals surface area contributed by atoms with Crippen molar-refractivity contribution in [2.75, 3.05) is 0 Å². The molecule has 1 aromatic heterocycles. The third kappa shape index (κ3) is 1.33. The minimum Gasteiger partial charge on any atom is -0.302 e. The second-order valence-electron chi connectivity index (χ2n) is 4.10. The van der Waals surface area contributed by atoms with Gasteiger partial charge in [-0.2, -0.15) is 0 Å². The Bertz CT molecular complexity index is 629. The third-order valence-corrected chi connectivity index (χ3v) is 2.85. The van der Waals surface area contributed by atoms with E-state index in [4.69, 9.17) is 0 Å². The molecule has 1 aliphatic rings. The van der Waals surface area contributed by atoms with Gasteiger partial charge in [0.2, 0.25) is 0 Å². The molecule has 4 heteroatoms. The number of fused-ring (bicyclic) bond motifs is 1. The van der Waals surface area contributed by atoms with Gasteiger partial charge in [-0.05, 0) is 25.0 Å². The van der Waals surface area contributed by atoms with Crippen molar-refractivity contribution in [3.8, 4) is 0 Å². The lowest BCUT2D eigenvalue weighted by molar-refractivity contribution is 0.582. The van der Waals surface area contributed by atoms with Crippen LogP contribution in [0.1, 0.15) is 18.9 Å². The molecule has 1 saturated carbocycles. The molecule has 0 unspecified atom stereocenters. The molecule has 2 nitrogen and oxygen atoms in total. The maximum atomic E-state index is 13.7. The molecule has 3 rings (SSSR count). The van der Waals surface area contributed by atoms with Gasteiger partial charge < -0.3 is 4.57 Å². The first-order chi connectivity index (χ1) is 7.66. The molecule has 0 radical (unpaired) electrons. The lowest BCUT2D eigenvalue weighted by atomic mass is 10.2. The summed E-state index contributed by atoms with van der Waals surface area (Å²) < 4.78 is 28.1. The van der Waals surface area contributed by atoms with Crippen molar-refractivity contribution in [3.63, 3.8) is 0 Å². The van der Waals surface area contributed by atoms with Gasteiger partial charge in [-0.3, -0.25) is 4.79 Å². The average molecular weight is 221 g/mol. The standard InChI is InChI=1S/C12H9F2NO/c13-8-5-7-1-4-11(16)15(9-2-3-9)12(7)10(14)6-8/h1,4-6,9H,2-3H2. The molecule has 16 heavy (non-hydrogen) atoms. The summed E-state index contributed by atoms with van der Waals surface area (Å²) in [5, 5.41) is 0.434. The Kier molecular flexibility index (Phi) is 1.87. The summed E-state index contributed by atoms with van der Waals surface area (Å²) in [6, 6.07) is 4.97. The van der Waals surface area contributed by atoms with E-state index in [1.165, 1.54) is 22.8 Å². The summed E-state index contributed by atoms with van der Waals surface area (Å²) >= 11 is 0. The van der Waals surface area contributed by atoms with Crippen molar-refractivity contribution in [1.29, 1.82) is 0 Å². The topological polar surface area (TPSA) is 22.0 Å². The number of nitrogens with zero attached hydrogens (tertiary/aromatic N) is 1. The van der Waals surface area contributed by atoms with Crippen molar-refractivity contribution in [2.45, 2.75) is 18.9 Å². The van der Waals surface area contributed by atoms with E-state index in [-0.39, 0.29) is 17.1 Å². The van der Waals surface area contributed by atoms with Gasteiger partial charge >= 0.3 is 0 Å². The first-order valence-corrected chi connectivity index (χ1v) is 5.17. The Morgan fingerprint density at radius 1 is 1.19 bits per heavy atom. The van der Waals surface area contributed by atoms with E-state index in [2.05, 4.69) is 0 Å². The molecular formula is C12H9F2NO. The van der Waals surface area contributed by atoms with Gasteiger partial charge in [0.15, 0.2) is 0 Å². The van der Waals surface area contributed by atoms with E-state index >= 15 is 0 Å². The van der Waals surface area contributed by atoms with Gasteiger partial charge in [0.05, 0.1) is 5.52 Å². The molecule has 0 N–H and O–H groups in total. The fourth-order valence-electron chi connectivity index (χ4n) is 2.01. The predicted molar refractivity (Wildman–Crippen MR) is 56.4 cm³/mol. The van der Waals surface area contributed by atoms with Crippen LogP contribution in [0.25, 0.3) is 10.9 Å². The van der Waals surface area contributed by atoms with Crippen molar-refractivity contribution < 1.29 is 8.78 Å². The summed E-state index contributed by atoms with van der Waals surface area (Å²) in [6.07, 6.45) is 1.77. The summed E-state index contributed by atoms with van der Waals surface area (Å²) in [5.41, 5.74) is -0.00286. The minimum absolute atomic E-state index is 0.0798. The number of aromatic nitrogens is 1. The number of halogens is 2. The van der Waals surface area contributed by atoms with Crippen molar-refractivity contribution in [2.24, 2.45) is 0 Å².